The SMILES string of the molecule is CC1CCCC1NC/C=C/Cl. The van der Waals surface area contributed by atoms with Crippen molar-refractivity contribution in [2.24, 2.45) is 5.92 Å². The lowest BCUT2D eigenvalue weighted by Crippen LogP contribution is -2.30. The third-order valence-electron chi connectivity index (χ3n) is 2.45. The molecule has 0 spiro atoms. The highest BCUT2D eigenvalue weighted by molar-refractivity contribution is 6.25. The molecule has 11 heavy (non-hydrogen) atoms. The molecule has 1 nitrogen and oxygen atoms in total. The number of hydrogen-bond acceptors (Lipinski definition) is 1. The Morgan fingerprint density at radius 3 is 2.91 bits per heavy atom. The minimum atomic E-state index is 0.725. The first kappa shape index (κ1) is 9.08. The molecular formula is C9H16ClN. The fourth-order valence-corrected chi connectivity index (χ4v) is 1.80. The first-order valence-corrected chi connectivity index (χ1v) is 4.77. The van der Waals surface area contributed by atoms with Gasteiger partial charge < -0.3 is 5.32 Å². The second-order valence-electron chi connectivity index (χ2n) is 3.28. The Kier molecular flexibility index (Phi) is 3.95. The molecule has 0 bridgehead atoms. The highest BCUT2D eigenvalue weighted by Gasteiger charge is 2.21. The summed E-state index contributed by atoms with van der Waals surface area (Å²) in [6, 6.07) is 0.725. The van der Waals surface area contributed by atoms with Crippen LogP contribution in [0.25, 0.3) is 0 Å². The third-order valence-corrected chi connectivity index (χ3v) is 2.63. The molecule has 64 valence electrons. The predicted molar refractivity (Wildman–Crippen MR) is 49.8 cm³/mol. The number of hydrogen-bond donors (Lipinski definition) is 1. The van der Waals surface area contributed by atoms with Gasteiger partial charge in [-0.1, -0.05) is 31.0 Å². The summed E-state index contributed by atoms with van der Waals surface area (Å²) in [4.78, 5) is 0. The van der Waals surface area contributed by atoms with Gasteiger partial charge in [-0.3, -0.25) is 0 Å². The normalized spacial score (nSPS) is 31.8. The fraction of sp³-hybridized carbons (Fsp3) is 0.778. The van der Waals surface area contributed by atoms with E-state index in [-0.39, 0.29) is 0 Å². The van der Waals surface area contributed by atoms with Gasteiger partial charge in [-0.25, -0.2) is 0 Å². The third kappa shape index (κ3) is 2.84. The van der Waals surface area contributed by atoms with Crippen LogP contribution in [0, 0.1) is 5.92 Å². The van der Waals surface area contributed by atoms with Crippen molar-refractivity contribution in [1.29, 1.82) is 0 Å². The van der Waals surface area contributed by atoms with Crippen molar-refractivity contribution in [3.05, 3.63) is 11.6 Å². The molecule has 0 amide bonds. The van der Waals surface area contributed by atoms with Crippen LogP contribution in [0.3, 0.4) is 0 Å². The minimum absolute atomic E-state index is 0.725. The van der Waals surface area contributed by atoms with E-state index in [2.05, 4.69) is 12.2 Å². The van der Waals surface area contributed by atoms with Crippen molar-refractivity contribution in [2.45, 2.75) is 32.2 Å². The van der Waals surface area contributed by atoms with Crippen molar-refractivity contribution in [3.8, 4) is 0 Å². The molecule has 1 aliphatic rings. The van der Waals surface area contributed by atoms with E-state index < -0.39 is 0 Å². The van der Waals surface area contributed by atoms with E-state index >= 15 is 0 Å². The first-order valence-electron chi connectivity index (χ1n) is 4.33. The number of nitrogens with one attached hydrogen (secondary N) is 1. The van der Waals surface area contributed by atoms with Gasteiger partial charge in [0.2, 0.25) is 0 Å². The Morgan fingerprint density at radius 2 is 2.36 bits per heavy atom. The Balaban J connectivity index is 2.15. The van der Waals surface area contributed by atoms with E-state index in [1.54, 1.807) is 5.54 Å². The fourth-order valence-electron chi connectivity index (χ4n) is 1.71. The zero-order chi connectivity index (χ0) is 8.10. The molecule has 2 unspecified atom stereocenters. The molecule has 2 atom stereocenters. The summed E-state index contributed by atoms with van der Waals surface area (Å²) in [5.74, 6) is 0.846. The van der Waals surface area contributed by atoms with Crippen LogP contribution in [0.2, 0.25) is 0 Å². The zero-order valence-corrected chi connectivity index (χ0v) is 7.77. The smallest absolute Gasteiger partial charge is 0.0149 e. The largest absolute Gasteiger partial charge is 0.310 e. The van der Waals surface area contributed by atoms with Crippen molar-refractivity contribution in [2.75, 3.05) is 6.54 Å². The first-order chi connectivity index (χ1) is 5.34. The van der Waals surface area contributed by atoms with E-state index in [1.165, 1.54) is 19.3 Å². The van der Waals surface area contributed by atoms with E-state index in [9.17, 15) is 0 Å². The average Bonchev–Trinajstić information content (AvgIpc) is 2.37. The number of halogens is 1. The van der Waals surface area contributed by atoms with Crippen LogP contribution in [0.4, 0.5) is 0 Å². The van der Waals surface area contributed by atoms with E-state index in [0.29, 0.717) is 0 Å². The summed E-state index contributed by atoms with van der Waals surface area (Å²) in [5, 5.41) is 3.46. The second kappa shape index (κ2) is 4.78. The van der Waals surface area contributed by atoms with Gasteiger partial charge in [0.05, 0.1) is 0 Å². The summed E-state index contributed by atoms with van der Waals surface area (Å²) in [6.07, 6.45) is 6.04. The molecule has 0 saturated heterocycles. The predicted octanol–water partition coefficient (Wildman–Crippen LogP) is 2.52. The summed E-state index contributed by atoms with van der Waals surface area (Å²) in [6.45, 7) is 3.23. The van der Waals surface area contributed by atoms with Crippen LogP contribution >= 0.6 is 11.6 Å². The van der Waals surface area contributed by atoms with Crippen molar-refractivity contribution in [1.82, 2.24) is 5.32 Å². The molecule has 0 radical (unpaired) electrons. The van der Waals surface area contributed by atoms with Crippen LogP contribution < -0.4 is 5.32 Å². The Morgan fingerprint density at radius 1 is 1.55 bits per heavy atom. The molecule has 1 rings (SSSR count). The van der Waals surface area contributed by atoms with Crippen LogP contribution in [-0.2, 0) is 0 Å². The van der Waals surface area contributed by atoms with Gasteiger partial charge >= 0.3 is 0 Å². The van der Waals surface area contributed by atoms with Gasteiger partial charge in [0.15, 0.2) is 0 Å². The maximum atomic E-state index is 5.40. The molecular weight excluding hydrogens is 158 g/mol. The van der Waals surface area contributed by atoms with Crippen molar-refractivity contribution in [3.63, 3.8) is 0 Å². The van der Waals surface area contributed by atoms with Gasteiger partial charge in [-0.2, -0.15) is 0 Å². The molecule has 1 saturated carbocycles. The van der Waals surface area contributed by atoms with Crippen LogP contribution in [0.5, 0.6) is 0 Å². The topological polar surface area (TPSA) is 12.0 Å². The monoisotopic (exact) mass is 173 g/mol. The summed E-state index contributed by atoms with van der Waals surface area (Å²) in [5.41, 5.74) is 1.58. The standard InChI is InChI=1S/C9H16ClN/c1-8-4-2-5-9(8)11-7-3-6-10/h3,6,8-9,11H,2,4-5,7H2,1H3/b6-3+. The Bertz CT molecular complexity index is 134. The van der Waals surface area contributed by atoms with Gasteiger partial charge in [-0.15, -0.1) is 0 Å². The van der Waals surface area contributed by atoms with Crippen LogP contribution in [-0.4, -0.2) is 12.6 Å². The van der Waals surface area contributed by atoms with Gasteiger partial charge in [0.1, 0.15) is 0 Å². The minimum Gasteiger partial charge on any atom is -0.310 e. The maximum absolute atomic E-state index is 5.40. The van der Waals surface area contributed by atoms with Crippen LogP contribution in [0.15, 0.2) is 11.6 Å². The Hall–Kier alpha value is -0.0100. The maximum Gasteiger partial charge on any atom is 0.0149 e. The highest BCUT2D eigenvalue weighted by atomic mass is 35.5. The zero-order valence-electron chi connectivity index (χ0n) is 7.02. The molecule has 0 aliphatic heterocycles. The van der Waals surface area contributed by atoms with Crippen molar-refractivity contribution >= 4 is 11.6 Å². The molecule has 0 aromatic carbocycles. The van der Waals surface area contributed by atoms with Gasteiger partial charge in [0.25, 0.3) is 0 Å². The van der Waals surface area contributed by atoms with E-state index in [1.807, 2.05) is 6.08 Å². The quantitative estimate of drug-likeness (QED) is 0.692. The lowest BCUT2D eigenvalue weighted by Gasteiger charge is -2.15. The summed E-state index contributed by atoms with van der Waals surface area (Å²) < 4.78 is 0. The number of rotatable bonds is 3. The summed E-state index contributed by atoms with van der Waals surface area (Å²) >= 11 is 5.40. The molecule has 0 aromatic rings. The van der Waals surface area contributed by atoms with Crippen molar-refractivity contribution < 1.29 is 0 Å². The lowest BCUT2D eigenvalue weighted by molar-refractivity contribution is 0.445. The Labute approximate surface area is 73.8 Å². The second-order valence-corrected chi connectivity index (χ2v) is 3.54. The average molecular weight is 174 g/mol. The highest BCUT2D eigenvalue weighted by Crippen LogP contribution is 2.24. The van der Waals surface area contributed by atoms with E-state index in [4.69, 9.17) is 11.6 Å². The molecule has 1 fully saturated rings. The lowest BCUT2D eigenvalue weighted by atomic mass is 10.1. The molecule has 0 aromatic heterocycles. The van der Waals surface area contributed by atoms with Gasteiger partial charge in [0, 0.05) is 18.1 Å². The molecule has 2 heteroatoms. The molecule has 0 heterocycles. The molecule has 1 N–H and O–H groups in total. The van der Waals surface area contributed by atoms with Crippen LogP contribution in [0.1, 0.15) is 26.2 Å². The molecule has 1 aliphatic carbocycles. The van der Waals surface area contributed by atoms with E-state index in [0.717, 1.165) is 18.5 Å². The summed E-state index contributed by atoms with van der Waals surface area (Å²) in [7, 11) is 0. The van der Waals surface area contributed by atoms with Gasteiger partial charge in [-0.05, 0) is 18.8 Å².